The van der Waals surface area contributed by atoms with Gasteiger partial charge in [0.25, 0.3) is 0 Å². The molecule has 0 radical (unpaired) electrons. The molecule has 0 amide bonds. The maximum Gasteiger partial charge on any atom is 0.113 e. The molecule has 0 aliphatic rings. The number of hydrogen-bond donors (Lipinski definition) is 0. The van der Waals surface area contributed by atoms with Crippen molar-refractivity contribution in [1.29, 1.82) is 0 Å². The second-order valence-corrected chi connectivity index (χ2v) is 7.49. The third kappa shape index (κ3) is 35.8. The highest BCUT2D eigenvalue weighted by atomic mass is 35.5. The zero-order valence-electron chi connectivity index (χ0n) is 22.2. The fourth-order valence-electron chi connectivity index (χ4n) is 2.41. The molecule has 0 aromatic heterocycles. The van der Waals surface area contributed by atoms with Crippen molar-refractivity contribution in [2.45, 2.75) is 0 Å². The van der Waals surface area contributed by atoms with E-state index in [0.717, 1.165) is 0 Å². The summed E-state index contributed by atoms with van der Waals surface area (Å²) in [5.74, 6) is 0.496. The fourth-order valence-corrected chi connectivity index (χ4v) is 2.52. The minimum Gasteiger partial charge on any atom is -0.378 e. The minimum absolute atomic E-state index is 0.115. The summed E-state index contributed by atoms with van der Waals surface area (Å²) in [5.41, 5.74) is 0. The molecule has 0 unspecified atom stereocenters. The fraction of sp³-hybridized carbons (Fsp3) is 1.00. The van der Waals surface area contributed by atoms with E-state index in [1.165, 1.54) is 0 Å². The lowest BCUT2D eigenvalue weighted by atomic mass is 10.6. The van der Waals surface area contributed by atoms with Crippen LogP contribution in [0.1, 0.15) is 0 Å². The van der Waals surface area contributed by atoms with E-state index < -0.39 is 6.67 Å². The van der Waals surface area contributed by atoms with E-state index >= 15 is 0 Å². The molecule has 13 heteroatoms. The predicted molar refractivity (Wildman–Crippen MR) is 136 cm³/mol. The Morgan fingerprint density at radius 2 is 0.432 bits per heavy atom. The molecule has 11 nitrogen and oxygen atoms in total. The van der Waals surface area contributed by atoms with Gasteiger partial charge < -0.3 is 52.1 Å². The Kier molecular flexibility index (Phi) is 35.6. The first-order valence-corrected chi connectivity index (χ1v) is 13.4. The number of rotatable bonds is 34. The third-order valence-electron chi connectivity index (χ3n) is 4.16. The summed E-state index contributed by atoms with van der Waals surface area (Å²) in [5, 5.41) is 0. The van der Waals surface area contributed by atoms with Crippen LogP contribution in [0.5, 0.6) is 0 Å². The Morgan fingerprint density at radius 1 is 0.270 bits per heavy atom. The number of ether oxygens (including phenoxy) is 11. The van der Waals surface area contributed by atoms with Crippen LogP contribution in [0.15, 0.2) is 0 Å². The molecule has 0 bridgehead atoms. The monoisotopic (exact) mass is 566 g/mol. The molecule has 0 fully saturated rings. The smallest absolute Gasteiger partial charge is 0.113 e. The van der Waals surface area contributed by atoms with E-state index in [-0.39, 0.29) is 6.61 Å². The quantitative estimate of drug-likeness (QED) is 0.0834. The van der Waals surface area contributed by atoms with Gasteiger partial charge in [-0.15, -0.1) is 11.6 Å². The number of alkyl halides is 2. The molecule has 0 aliphatic heterocycles. The summed E-state index contributed by atoms with van der Waals surface area (Å²) in [6, 6.07) is 0. The largest absolute Gasteiger partial charge is 0.378 e. The Bertz CT molecular complexity index is 370. The Morgan fingerprint density at radius 3 is 0.595 bits per heavy atom. The van der Waals surface area contributed by atoms with Gasteiger partial charge in [0.1, 0.15) is 6.67 Å². The first kappa shape index (κ1) is 36.8. The molecule has 0 rings (SSSR count). The van der Waals surface area contributed by atoms with Gasteiger partial charge in [0.05, 0.1) is 145 Å². The lowest BCUT2D eigenvalue weighted by Gasteiger charge is -2.09. The van der Waals surface area contributed by atoms with Crippen molar-refractivity contribution in [3.63, 3.8) is 0 Å². The van der Waals surface area contributed by atoms with Gasteiger partial charge in [-0.2, -0.15) is 0 Å². The average molecular weight is 567 g/mol. The van der Waals surface area contributed by atoms with E-state index in [1.807, 2.05) is 0 Å². The first-order valence-electron chi connectivity index (χ1n) is 12.9. The molecule has 0 N–H and O–H groups in total. The molecule has 224 valence electrons. The van der Waals surface area contributed by atoms with Gasteiger partial charge in [-0.25, -0.2) is 4.39 Å². The van der Waals surface area contributed by atoms with Crippen LogP contribution in [0.3, 0.4) is 0 Å². The van der Waals surface area contributed by atoms with Crippen LogP contribution < -0.4 is 0 Å². The van der Waals surface area contributed by atoms with Crippen molar-refractivity contribution in [3.05, 3.63) is 0 Å². The lowest BCUT2D eigenvalue weighted by molar-refractivity contribution is -0.0274. The van der Waals surface area contributed by atoms with Gasteiger partial charge in [-0.1, -0.05) is 0 Å². The average Bonchev–Trinajstić information content (AvgIpc) is 2.91. The Balaban J connectivity index is 3.00. The van der Waals surface area contributed by atoms with Gasteiger partial charge in [0.2, 0.25) is 0 Å². The molecule has 0 saturated carbocycles. The summed E-state index contributed by atoms with van der Waals surface area (Å²) in [6.07, 6.45) is 0. The standard InChI is InChI=1S/C24H48ClFO11/c25-1-3-27-5-7-29-9-11-31-13-15-33-17-19-35-21-23-37-24-22-36-20-18-34-16-14-32-12-10-30-8-6-28-4-2-26/h1-24H2. The highest BCUT2D eigenvalue weighted by molar-refractivity contribution is 6.17. The lowest BCUT2D eigenvalue weighted by Crippen LogP contribution is -2.15. The van der Waals surface area contributed by atoms with Crippen LogP contribution in [-0.4, -0.2) is 158 Å². The summed E-state index contributed by atoms with van der Waals surface area (Å²) < 4.78 is 70.4. The predicted octanol–water partition coefficient (Wildman–Crippen LogP) is 1.38. The molecule has 0 heterocycles. The van der Waals surface area contributed by atoms with Crippen LogP contribution in [-0.2, 0) is 52.1 Å². The van der Waals surface area contributed by atoms with E-state index in [9.17, 15) is 4.39 Å². The van der Waals surface area contributed by atoms with Crippen LogP contribution >= 0.6 is 11.6 Å². The van der Waals surface area contributed by atoms with Gasteiger partial charge in [-0.3, -0.25) is 0 Å². The molecular weight excluding hydrogens is 519 g/mol. The molecule has 0 spiro atoms. The Labute approximate surface area is 226 Å². The maximum absolute atomic E-state index is 11.8. The van der Waals surface area contributed by atoms with Crippen molar-refractivity contribution in [1.82, 2.24) is 0 Å². The topological polar surface area (TPSA) is 102 Å². The van der Waals surface area contributed by atoms with Gasteiger partial charge in [-0.05, 0) is 0 Å². The Hall–Kier alpha value is -0.220. The highest BCUT2D eigenvalue weighted by Gasteiger charge is 1.96. The molecule has 0 aromatic carbocycles. The first-order chi connectivity index (χ1) is 18.4. The van der Waals surface area contributed by atoms with Crippen molar-refractivity contribution in [3.8, 4) is 0 Å². The van der Waals surface area contributed by atoms with Crippen LogP contribution in [0, 0.1) is 0 Å². The van der Waals surface area contributed by atoms with Crippen molar-refractivity contribution >= 4 is 11.6 Å². The van der Waals surface area contributed by atoms with Gasteiger partial charge in [0, 0.05) is 5.88 Å². The molecular formula is C24H48ClFO11. The number of hydrogen-bond acceptors (Lipinski definition) is 11. The van der Waals surface area contributed by atoms with E-state index in [0.29, 0.717) is 145 Å². The summed E-state index contributed by atoms with van der Waals surface area (Å²) in [4.78, 5) is 0. The summed E-state index contributed by atoms with van der Waals surface area (Å²) in [7, 11) is 0. The van der Waals surface area contributed by atoms with Crippen LogP contribution in [0.2, 0.25) is 0 Å². The van der Waals surface area contributed by atoms with Gasteiger partial charge >= 0.3 is 0 Å². The van der Waals surface area contributed by atoms with Crippen LogP contribution in [0.25, 0.3) is 0 Å². The maximum atomic E-state index is 11.8. The molecule has 0 aliphatic carbocycles. The zero-order valence-corrected chi connectivity index (χ0v) is 23.0. The van der Waals surface area contributed by atoms with E-state index in [1.54, 1.807) is 0 Å². The van der Waals surface area contributed by atoms with Crippen molar-refractivity contribution < 1.29 is 56.5 Å². The zero-order chi connectivity index (χ0) is 26.7. The second kappa shape index (κ2) is 35.8. The summed E-state index contributed by atoms with van der Waals surface area (Å²) in [6.45, 7) is 10.2. The summed E-state index contributed by atoms with van der Waals surface area (Å²) >= 11 is 5.50. The third-order valence-corrected chi connectivity index (χ3v) is 4.32. The van der Waals surface area contributed by atoms with Crippen LogP contribution in [0.4, 0.5) is 4.39 Å². The van der Waals surface area contributed by atoms with Crippen molar-refractivity contribution in [2.24, 2.45) is 0 Å². The molecule has 0 saturated heterocycles. The minimum atomic E-state index is -0.473. The number of halogens is 2. The molecule has 0 atom stereocenters. The SMILES string of the molecule is FCCOCCOCCOCCOCCOCCOCCOCCOCCOCCOCCOCCCl. The normalized spacial score (nSPS) is 11.5. The molecule has 37 heavy (non-hydrogen) atoms. The second-order valence-electron chi connectivity index (χ2n) is 7.11. The van der Waals surface area contributed by atoms with Gasteiger partial charge in [0.15, 0.2) is 0 Å². The van der Waals surface area contributed by atoms with Crippen molar-refractivity contribution in [2.75, 3.05) is 158 Å². The highest BCUT2D eigenvalue weighted by Crippen LogP contribution is 1.87. The molecule has 0 aromatic rings. The van der Waals surface area contributed by atoms with E-state index in [2.05, 4.69) is 0 Å². The van der Waals surface area contributed by atoms with E-state index in [4.69, 9.17) is 63.7 Å².